The number of hydrogen-bond donors (Lipinski definition) is 0. The first-order valence-electron chi connectivity index (χ1n) is 3.80. The van der Waals surface area contributed by atoms with Crippen molar-refractivity contribution >= 4 is 11.6 Å². The molecule has 0 saturated carbocycles. The maximum absolute atomic E-state index is 5.48. The average molecular weight is 180 g/mol. The molecule has 0 atom stereocenters. The molecule has 0 radical (unpaired) electrons. The van der Waals surface area contributed by atoms with Gasteiger partial charge in [-0.15, -0.1) is 11.6 Å². The molecule has 0 spiro atoms. The highest BCUT2D eigenvalue weighted by atomic mass is 35.5. The largest absolute Gasteiger partial charge is 0.248 e. The molecular formula is C10H10ClN. The van der Waals surface area contributed by atoms with Crippen LogP contribution in [0.1, 0.15) is 17.7 Å². The van der Waals surface area contributed by atoms with Gasteiger partial charge in [-0.1, -0.05) is 5.92 Å². The summed E-state index contributed by atoms with van der Waals surface area (Å²) < 4.78 is 0. The minimum absolute atomic E-state index is 0.582. The van der Waals surface area contributed by atoms with Gasteiger partial charge in [0.1, 0.15) is 5.69 Å². The van der Waals surface area contributed by atoms with Gasteiger partial charge in [0.2, 0.25) is 0 Å². The highest BCUT2D eigenvalue weighted by Gasteiger charge is 1.87. The van der Waals surface area contributed by atoms with Gasteiger partial charge in [-0.3, -0.25) is 0 Å². The number of halogens is 1. The molecule has 1 nitrogen and oxygen atoms in total. The van der Waals surface area contributed by atoms with Crippen molar-refractivity contribution in [1.82, 2.24) is 4.98 Å². The highest BCUT2D eigenvalue weighted by Crippen LogP contribution is 1.97. The Balaban J connectivity index is 2.71. The number of aromatic nitrogens is 1. The standard InChI is InChI=1S/C10H10ClN/c1-9-5-7-12-10(8-9)4-2-3-6-11/h5,7-8H,3,6H2,1H3. The van der Waals surface area contributed by atoms with E-state index in [9.17, 15) is 0 Å². The third-order valence-electron chi connectivity index (χ3n) is 1.35. The molecule has 0 N–H and O–H groups in total. The van der Waals surface area contributed by atoms with Crippen LogP contribution >= 0.6 is 11.6 Å². The molecule has 0 saturated heterocycles. The number of pyridine rings is 1. The maximum atomic E-state index is 5.48. The van der Waals surface area contributed by atoms with Crippen molar-refractivity contribution in [3.05, 3.63) is 29.6 Å². The molecule has 1 aromatic heterocycles. The van der Waals surface area contributed by atoms with Crippen LogP contribution in [-0.2, 0) is 0 Å². The average Bonchev–Trinajstić information content (AvgIpc) is 2.05. The zero-order chi connectivity index (χ0) is 8.81. The van der Waals surface area contributed by atoms with E-state index in [0.29, 0.717) is 5.88 Å². The SMILES string of the molecule is Cc1ccnc(C#CCCCl)c1. The first-order chi connectivity index (χ1) is 5.83. The molecule has 0 aliphatic rings. The van der Waals surface area contributed by atoms with E-state index in [4.69, 9.17) is 11.6 Å². The lowest BCUT2D eigenvalue weighted by Gasteiger charge is -1.90. The summed E-state index contributed by atoms with van der Waals surface area (Å²) in [6, 6.07) is 3.91. The van der Waals surface area contributed by atoms with Crippen LogP contribution < -0.4 is 0 Å². The molecule has 0 aliphatic carbocycles. The fourth-order valence-electron chi connectivity index (χ4n) is 0.805. The lowest BCUT2D eigenvalue weighted by atomic mass is 10.2. The molecule has 12 heavy (non-hydrogen) atoms. The van der Waals surface area contributed by atoms with Crippen LogP contribution in [0.15, 0.2) is 18.3 Å². The molecule has 1 heterocycles. The summed E-state index contributed by atoms with van der Waals surface area (Å²) in [4.78, 5) is 4.09. The van der Waals surface area contributed by atoms with E-state index < -0.39 is 0 Å². The lowest BCUT2D eigenvalue weighted by molar-refractivity contribution is 1.24. The number of alkyl halides is 1. The Morgan fingerprint density at radius 3 is 3.08 bits per heavy atom. The molecule has 62 valence electrons. The molecule has 0 fully saturated rings. The zero-order valence-corrected chi connectivity index (χ0v) is 7.73. The van der Waals surface area contributed by atoms with Gasteiger partial charge < -0.3 is 0 Å². The molecular weight excluding hydrogens is 170 g/mol. The van der Waals surface area contributed by atoms with Gasteiger partial charge >= 0.3 is 0 Å². The quantitative estimate of drug-likeness (QED) is 0.477. The summed E-state index contributed by atoms with van der Waals surface area (Å²) in [6.07, 6.45) is 2.48. The van der Waals surface area contributed by atoms with E-state index in [1.165, 1.54) is 5.56 Å². The summed E-state index contributed by atoms with van der Waals surface area (Å²) in [5, 5.41) is 0. The van der Waals surface area contributed by atoms with Gasteiger partial charge in [-0.25, -0.2) is 4.98 Å². The Labute approximate surface area is 77.8 Å². The van der Waals surface area contributed by atoms with E-state index in [0.717, 1.165) is 12.1 Å². The smallest absolute Gasteiger partial charge is 0.113 e. The molecule has 0 aromatic carbocycles. The van der Waals surface area contributed by atoms with Gasteiger partial charge in [-0.2, -0.15) is 0 Å². The Morgan fingerprint density at radius 1 is 1.58 bits per heavy atom. The second-order valence-corrected chi connectivity index (χ2v) is 2.84. The minimum Gasteiger partial charge on any atom is -0.248 e. The second kappa shape index (κ2) is 4.79. The Hall–Kier alpha value is -1.00. The summed E-state index contributed by atoms with van der Waals surface area (Å²) in [6.45, 7) is 2.02. The van der Waals surface area contributed by atoms with E-state index in [1.54, 1.807) is 6.20 Å². The van der Waals surface area contributed by atoms with Crippen molar-refractivity contribution in [2.45, 2.75) is 13.3 Å². The molecule has 0 bridgehead atoms. The monoisotopic (exact) mass is 179 g/mol. The summed E-state index contributed by atoms with van der Waals surface area (Å²) in [5.41, 5.74) is 2.00. The number of hydrogen-bond acceptors (Lipinski definition) is 1. The van der Waals surface area contributed by atoms with Crippen LogP contribution in [0.2, 0.25) is 0 Å². The third-order valence-corrected chi connectivity index (χ3v) is 1.54. The highest BCUT2D eigenvalue weighted by molar-refractivity contribution is 6.18. The predicted octanol–water partition coefficient (Wildman–Crippen LogP) is 2.37. The Kier molecular flexibility index (Phi) is 3.63. The van der Waals surface area contributed by atoms with E-state index >= 15 is 0 Å². The van der Waals surface area contributed by atoms with E-state index in [-0.39, 0.29) is 0 Å². The lowest BCUT2D eigenvalue weighted by Crippen LogP contribution is -1.82. The minimum atomic E-state index is 0.582. The van der Waals surface area contributed by atoms with Gasteiger partial charge in [0.15, 0.2) is 0 Å². The summed E-state index contributed by atoms with van der Waals surface area (Å²) in [5.74, 6) is 6.46. The van der Waals surface area contributed by atoms with Crippen molar-refractivity contribution in [3.8, 4) is 11.8 Å². The van der Waals surface area contributed by atoms with Crippen molar-refractivity contribution in [1.29, 1.82) is 0 Å². The first-order valence-corrected chi connectivity index (χ1v) is 4.34. The van der Waals surface area contributed by atoms with Crippen LogP contribution in [0.4, 0.5) is 0 Å². The molecule has 1 aromatic rings. The zero-order valence-electron chi connectivity index (χ0n) is 6.97. The van der Waals surface area contributed by atoms with Crippen LogP contribution in [0.5, 0.6) is 0 Å². The van der Waals surface area contributed by atoms with Crippen molar-refractivity contribution in [2.24, 2.45) is 0 Å². The predicted molar refractivity (Wildman–Crippen MR) is 51.2 cm³/mol. The summed E-state index contributed by atoms with van der Waals surface area (Å²) in [7, 11) is 0. The van der Waals surface area contributed by atoms with Gasteiger partial charge in [0.25, 0.3) is 0 Å². The van der Waals surface area contributed by atoms with Crippen molar-refractivity contribution < 1.29 is 0 Å². The van der Waals surface area contributed by atoms with Crippen LogP contribution in [0, 0.1) is 18.8 Å². The normalized spacial score (nSPS) is 8.83. The molecule has 1 rings (SSSR count). The second-order valence-electron chi connectivity index (χ2n) is 2.46. The van der Waals surface area contributed by atoms with E-state index in [1.807, 2.05) is 19.1 Å². The Morgan fingerprint density at radius 2 is 2.42 bits per heavy atom. The molecule has 0 aliphatic heterocycles. The van der Waals surface area contributed by atoms with Gasteiger partial charge in [-0.05, 0) is 30.5 Å². The number of nitrogens with zero attached hydrogens (tertiary/aromatic N) is 1. The van der Waals surface area contributed by atoms with Crippen LogP contribution in [-0.4, -0.2) is 10.9 Å². The molecule has 2 heteroatoms. The molecule has 0 unspecified atom stereocenters. The van der Waals surface area contributed by atoms with Crippen molar-refractivity contribution in [3.63, 3.8) is 0 Å². The van der Waals surface area contributed by atoms with Crippen LogP contribution in [0.25, 0.3) is 0 Å². The van der Waals surface area contributed by atoms with Crippen molar-refractivity contribution in [2.75, 3.05) is 5.88 Å². The van der Waals surface area contributed by atoms with Gasteiger partial charge in [0, 0.05) is 18.5 Å². The Bertz CT molecular complexity index is 309. The van der Waals surface area contributed by atoms with Gasteiger partial charge in [0.05, 0.1) is 0 Å². The summed E-state index contributed by atoms with van der Waals surface area (Å²) >= 11 is 5.48. The topological polar surface area (TPSA) is 12.9 Å². The third kappa shape index (κ3) is 2.94. The molecule has 0 amide bonds. The maximum Gasteiger partial charge on any atom is 0.113 e. The van der Waals surface area contributed by atoms with E-state index in [2.05, 4.69) is 16.8 Å². The first kappa shape index (κ1) is 9.09. The fourth-order valence-corrected chi connectivity index (χ4v) is 0.899. The number of aryl methyl sites for hydroxylation is 1. The van der Waals surface area contributed by atoms with Crippen LogP contribution in [0.3, 0.4) is 0 Å². The fraction of sp³-hybridized carbons (Fsp3) is 0.300. The number of rotatable bonds is 1.